The van der Waals surface area contributed by atoms with E-state index in [9.17, 15) is 18.4 Å². The second kappa shape index (κ2) is 20.9. The van der Waals surface area contributed by atoms with Gasteiger partial charge in [0.1, 0.15) is 22.6 Å². The molecule has 4 N–H and O–H groups in total. The predicted octanol–water partition coefficient (Wildman–Crippen LogP) is 7.09. The van der Waals surface area contributed by atoms with Crippen molar-refractivity contribution in [2.75, 3.05) is 94.9 Å². The van der Waals surface area contributed by atoms with Crippen molar-refractivity contribution in [2.24, 2.45) is 0 Å². The van der Waals surface area contributed by atoms with Gasteiger partial charge in [-0.25, -0.2) is 23.7 Å². The van der Waals surface area contributed by atoms with Crippen LogP contribution < -0.4 is 35.6 Å². The zero-order chi connectivity index (χ0) is 48.9. The lowest BCUT2D eigenvalue weighted by molar-refractivity contribution is 0.0782. The Morgan fingerprint density at radius 2 is 1.10 bits per heavy atom. The van der Waals surface area contributed by atoms with Crippen LogP contribution >= 0.6 is 11.6 Å². The van der Waals surface area contributed by atoms with E-state index in [4.69, 9.17) is 46.3 Å². The molecular weight excluding hydrogens is 912 g/mol. The van der Waals surface area contributed by atoms with Gasteiger partial charge in [-0.15, -0.1) is 0 Å². The molecule has 10 rings (SSSR count). The molecule has 8 heterocycles. The summed E-state index contributed by atoms with van der Waals surface area (Å²) in [5.41, 5.74) is 11.3. The molecule has 0 radical (unpaired) electrons. The second-order valence-electron chi connectivity index (χ2n) is 16.6. The number of carbonyl (C=O) groups excluding carboxylic acids is 2. The fraction of sp³-hybridized carbons (Fsp3) is 0.306. The number of aromatic nitrogens is 4. The van der Waals surface area contributed by atoms with Crippen molar-refractivity contribution in [3.63, 3.8) is 0 Å². The zero-order valence-electron chi connectivity index (χ0n) is 38.9. The smallest absolute Gasteiger partial charge is 0.257 e. The summed E-state index contributed by atoms with van der Waals surface area (Å²) in [6, 6.07) is 24.1. The molecule has 360 valence electrons. The number of carbonyl (C=O) groups is 2. The number of pyridine rings is 4. The van der Waals surface area contributed by atoms with E-state index in [2.05, 4.69) is 30.4 Å². The Bertz CT molecular complexity index is 2870. The highest BCUT2D eigenvalue weighted by Gasteiger charge is 2.33. The highest BCUT2D eigenvalue weighted by molar-refractivity contribution is 6.30. The van der Waals surface area contributed by atoms with E-state index in [1.54, 1.807) is 74.5 Å². The first-order chi connectivity index (χ1) is 33.3. The molecule has 0 spiro atoms. The summed E-state index contributed by atoms with van der Waals surface area (Å²) in [6.45, 7) is 4.27. The van der Waals surface area contributed by atoms with Gasteiger partial charge in [0, 0.05) is 72.3 Å². The van der Waals surface area contributed by atoms with E-state index >= 15 is 0 Å². The lowest BCUT2D eigenvalue weighted by Gasteiger charge is -2.39. The highest BCUT2D eigenvalue weighted by Crippen LogP contribution is 2.37. The van der Waals surface area contributed by atoms with Gasteiger partial charge in [-0.1, -0.05) is 35.9 Å². The van der Waals surface area contributed by atoms with Gasteiger partial charge in [0.05, 0.1) is 84.8 Å². The van der Waals surface area contributed by atoms with Gasteiger partial charge >= 0.3 is 0 Å². The van der Waals surface area contributed by atoms with Gasteiger partial charge in [-0.3, -0.25) is 14.6 Å². The molecular formula is C49H52ClF2N11O6. The van der Waals surface area contributed by atoms with Crippen molar-refractivity contribution in [1.29, 1.82) is 0 Å². The second-order valence-corrected chi connectivity index (χ2v) is 17.0. The third kappa shape index (κ3) is 10.5. The van der Waals surface area contributed by atoms with Crippen LogP contribution in [0, 0.1) is 11.6 Å². The summed E-state index contributed by atoms with van der Waals surface area (Å²) >= 11 is 6.01. The summed E-state index contributed by atoms with van der Waals surface area (Å²) in [7, 11) is 9.67. The standard InChI is InChI=1S/C25H26FN5O3.C15H13ClFN3O2.C9H13N3O/c1-30-14-21-23(25(30)32)20(29-19-8-5-7-18(26)24(19)34-3)11-16(27-21)10-15-6-4-9-22(28-15)31-12-17(13-31)33-2;1-20-7-11-13(15(20)21)10(6-12(16)19-11)18-9-5-3-4-8(17)14(9)22-2;1-13-7-5-12(6-7)9-4-2-3-8(10)11-9/h4-9,11,17H,10,12-14H2,1-3H3,(H,27,29);3-6H,7H2,1-2H3,(H,18,19);2-4,7H,5-6H2,1H3,(H2,10,11). The molecule has 0 bridgehead atoms. The van der Waals surface area contributed by atoms with E-state index in [1.165, 1.54) is 26.4 Å². The lowest BCUT2D eigenvalue weighted by Crippen LogP contribution is -2.52. The number of rotatable bonds is 12. The quantitative estimate of drug-likeness (QED) is 0.106. The van der Waals surface area contributed by atoms with E-state index in [-0.39, 0.29) is 34.6 Å². The molecule has 0 atom stereocenters. The Morgan fingerprint density at radius 1 is 0.623 bits per heavy atom. The third-order valence-electron chi connectivity index (χ3n) is 11.9. The van der Waals surface area contributed by atoms with Crippen LogP contribution in [-0.2, 0) is 29.0 Å². The molecule has 2 saturated heterocycles. The Balaban J connectivity index is 0.000000156. The molecule has 2 aromatic carbocycles. The molecule has 4 aliphatic heterocycles. The third-order valence-corrected chi connectivity index (χ3v) is 12.1. The van der Waals surface area contributed by atoms with Crippen LogP contribution in [0.15, 0.2) is 84.9 Å². The summed E-state index contributed by atoms with van der Waals surface area (Å²) in [4.78, 5) is 50.5. The number of amides is 2. The molecule has 17 nitrogen and oxygen atoms in total. The number of hydrogen-bond acceptors (Lipinski definition) is 15. The Hall–Kier alpha value is -7.35. The number of benzene rings is 2. The fourth-order valence-corrected chi connectivity index (χ4v) is 8.41. The van der Waals surface area contributed by atoms with Crippen LogP contribution in [0.1, 0.15) is 43.5 Å². The van der Waals surface area contributed by atoms with Gasteiger partial charge < -0.3 is 54.9 Å². The molecule has 6 aromatic rings. The minimum absolute atomic E-state index is 0.0722. The normalized spacial score (nSPS) is 15.0. The van der Waals surface area contributed by atoms with Crippen molar-refractivity contribution in [3.05, 3.63) is 136 Å². The molecule has 2 amide bonds. The van der Waals surface area contributed by atoms with E-state index in [0.29, 0.717) is 76.7 Å². The van der Waals surface area contributed by atoms with Gasteiger partial charge in [0.25, 0.3) is 11.8 Å². The number of para-hydroxylation sites is 2. The number of nitrogens with two attached hydrogens (primary N) is 1. The van der Waals surface area contributed by atoms with Crippen LogP contribution in [-0.4, -0.2) is 122 Å². The first-order valence-electron chi connectivity index (χ1n) is 21.9. The number of ether oxygens (including phenoxy) is 4. The Labute approximate surface area is 403 Å². The van der Waals surface area contributed by atoms with Crippen LogP contribution in [0.3, 0.4) is 0 Å². The fourth-order valence-electron chi connectivity index (χ4n) is 8.20. The maximum Gasteiger partial charge on any atom is 0.257 e. The van der Waals surface area contributed by atoms with Gasteiger partial charge in [-0.05, 0) is 60.7 Å². The molecule has 20 heteroatoms. The molecule has 2 fully saturated rings. The van der Waals surface area contributed by atoms with Gasteiger partial charge in [0.15, 0.2) is 23.1 Å². The number of nitrogens with one attached hydrogen (secondary N) is 2. The Kier molecular flexibility index (Phi) is 14.6. The lowest BCUT2D eigenvalue weighted by atomic mass is 10.1. The largest absolute Gasteiger partial charge is 0.492 e. The topological polar surface area (TPSA) is 186 Å². The van der Waals surface area contributed by atoms with E-state index in [1.807, 2.05) is 36.4 Å². The highest BCUT2D eigenvalue weighted by atomic mass is 35.5. The van der Waals surface area contributed by atoms with Crippen LogP contribution in [0.4, 0.5) is 49.0 Å². The SMILES string of the molecule is COC1CN(c2cccc(N)n2)C1.COc1c(F)cccc1Nc1cc(Cc2cccc(N3CC(OC)C3)n2)nc2c1C(=O)N(C)C2.COc1c(F)cccc1Nc1cc(Cl)nc2c1C(=O)N(C)C2. The number of nitrogens with zero attached hydrogens (tertiary/aromatic N) is 8. The predicted molar refractivity (Wildman–Crippen MR) is 259 cm³/mol. The number of fused-ring (bicyclic) bond motifs is 2. The summed E-state index contributed by atoms with van der Waals surface area (Å²) < 4.78 is 48.8. The average molecular weight is 964 g/mol. The van der Waals surface area contributed by atoms with E-state index < -0.39 is 11.6 Å². The van der Waals surface area contributed by atoms with Crippen LogP contribution in [0.2, 0.25) is 5.15 Å². The summed E-state index contributed by atoms with van der Waals surface area (Å²) in [5, 5.41) is 6.49. The Morgan fingerprint density at radius 3 is 1.61 bits per heavy atom. The first kappa shape index (κ1) is 48.1. The first-order valence-corrected chi connectivity index (χ1v) is 22.3. The summed E-state index contributed by atoms with van der Waals surface area (Å²) in [5.74, 6) is 1.32. The van der Waals surface area contributed by atoms with Crippen molar-refractivity contribution < 1.29 is 37.3 Å². The minimum Gasteiger partial charge on any atom is -0.492 e. The van der Waals surface area contributed by atoms with Crippen molar-refractivity contribution in [3.8, 4) is 11.5 Å². The van der Waals surface area contributed by atoms with Gasteiger partial charge in [-0.2, -0.15) is 0 Å². The van der Waals surface area contributed by atoms with Crippen molar-refractivity contribution in [1.82, 2.24) is 29.7 Å². The van der Waals surface area contributed by atoms with E-state index in [0.717, 1.165) is 49.2 Å². The number of hydrogen-bond donors (Lipinski definition) is 3. The number of anilines is 7. The minimum atomic E-state index is -0.493. The monoisotopic (exact) mass is 963 g/mol. The molecule has 4 aromatic heterocycles. The molecule has 69 heavy (non-hydrogen) atoms. The molecule has 0 saturated carbocycles. The van der Waals surface area contributed by atoms with Crippen LogP contribution in [0.5, 0.6) is 11.5 Å². The van der Waals surface area contributed by atoms with Crippen LogP contribution in [0.25, 0.3) is 0 Å². The van der Waals surface area contributed by atoms with Crippen molar-refractivity contribution in [2.45, 2.75) is 31.7 Å². The van der Waals surface area contributed by atoms with Gasteiger partial charge in [0.2, 0.25) is 0 Å². The molecule has 0 unspecified atom stereocenters. The number of methoxy groups -OCH3 is 4. The number of nitrogen functional groups attached to an aromatic ring is 1. The maximum atomic E-state index is 14.2. The average Bonchev–Trinajstić information content (AvgIpc) is 3.74. The zero-order valence-corrected chi connectivity index (χ0v) is 39.7. The molecule has 0 aliphatic carbocycles. The number of halogens is 3. The summed E-state index contributed by atoms with van der Waals surface area (Å²) in [6.07, 6.45) is 1.09. The maximum absolute atomic E-state index is 14.2. The van der Waals surface area contributed by atoms with Crippen molar-refractivity contribution >= 4 is 63.6 Å². The molecule has 4 aliphatic rings.